The maximum Gasteiger partial charge on any atom is 0.404 e. The summed E-state index contributed by atoms with van der Waals surface area (Å²) in [7, 11) is 0. The lowest BCUT2D eigenvalue weighted by Crippen LogP contribution is -2.35. The van der Waals surface area contributed by atoms with Crippen LogP contribution < -0.4 is 0 Å². The minimum Gasteiger partial charge on any atom is -0.447 e. The number of hydrogen-bond acceptors (Lipinski definition) is 2. The minimum atomic E-state index is -0.636. The van der Waals surface area contributed by atoms with E-state index in [2.05, 4.69) is 6.92 Å². The molecular weight excluding hydrogens is 200 g/mol. The first-order valence-corrected chi connectivity index (χ1v) is 5.95. The van der Waals surface area contributed by atoms with Crippen LogP contribution in [0.25, 0.3) is 0 Å². The monoisotopic (exact) mass is 218 g/mol. The highest BCUT2D eigenvalue weighted by atomic mass is 35.5. The van der Waals surface area contributed by atoms with Crippen molar-refractivity contribution in [2.24, 2.45) is 0 Å². The van der Waals surface area contributed by atoms with Crippen LogP contribution in [0.2, 0.25) is 0 Å². The summed E-state index contributed by atoms with van der Waals surface area (Å²) in [6.07, 6.45) is 8.79. The van der Waals surface area contributed by atoms with E-state index >= 15 is 0 Å². The Morgan fingerprint density at radius 1 is 1.36 bits per heavy atom. The first kappa shape index (κ1) is 11.8. The fraction of sp³-hybridized carbons (Fsp3) is 0.909. The number of carbonyl (C=O) groups is 1. The predicted molar refractivity (Wildman–Crippen MR) is 57.7 cm³/mol. The first-order valence-electron chi connectivity index (χ1n) is 5.57. The van der Waals surface area contributed by atoms with Gasteiger partial charge in [0, 0.05) is 11.6 Å². The van der Waals surface area contributed by atoms with Gasteiger partial charge in [-0.2, -0.15) is 0 Å². The van der Waals surface area contributed by atoms with Crippen LogP contribution in [-0.2, 0) is 4.74 Å². The van der Waals surface area contributed by atoms with Gasteiger partial charge < -0.3 is 4.74 Å². The molecule has 82 valence electrons. The van der Waals surface area contributed by atoms with Crippen LogP contribution in [0.1, 0.15) is 58.3 Å². The van der Waals surface area contributed by atoms with Crippen molar-refractivity contribution in [3.63, 3.8) is 0 Å². The van der Waals surface area contributed by atoms with Gasteiger partial charge >= 0.3 is 5.43 Å². The Labute approximate surface area is 91.0 Å². The van der Waals surface area contributed by atoms with E-state index in [0.717, 1.165) is 44.9 Å². The number of carbonyl (C=O) groups excluding carboxylic acids is 1. The molecule has 0 aromatic carbocycles. The Balaban J connectivity index is 2.52. The second-order valence-electron chi connectivity index (χ2n) is 4.19. The van der Waals surface area contributed by atoms with Gasteiger partial charge in [-0.15, -0.1) is 0 Å². The molecule has 1 rings (SSSR count). The molecule has 0 aromatic heterocycles. The van der Waals surface area contributed by atoms with Gasteiger partial charge in [0.15, 0.2) is 0 Å². The lowest BCUT2D eigenvalue weighted by molar-refractivity contribution is -0.0118. The van der Waals surface area contributed by atoms with E-state index in [1.807, 2.05) is 0 Å². The lowest BCUT2D eigenvalue weighted by Gasteiger charge is -2.36. The van der Waals surface area contributed by atoms with E-state index in [-0.39, 0.29) is 5.60 Å². The molecule has 0 spiro atoms. The number of halogens is 1. The molecule has 1 aliphatic rings. The molecule has 0 saturated heterocycles. The van der Waals surface area contributed by atoms with Crippen molar-refractivity contribution in [3.05, 3.63) is 0 Å². The molecule has 14 heavy (non-hydrogen) atoms. The van der Waals surface area contributed by atoms with Crippen molar-refractivity contribution in [3.8, 4) is 0 Å². The van der Waals surface area contributed by atoms with Crippen LogP contribution in [0.3, 0.4) is 0 Å². The summed E-state index contributed by atoms with van der Waals surface area (Å²) >= 11 is 5.32. The van der Waals surface area contributed by atoms with Gasteiger partial charge in [-0.25, -0.2) is 4.79 Å². The summed E-state index contributed by atoms with van der Waals surface area (Å²) in [6, 6.07) is 0. The fourth-order valence-corrected chi connectivity index (χ4v) is 2.43. The SMILES string of the molecule is CCCCC1(OC(=O)Cl)CCCCC1. The third-order valence-electron chi connectivity index (χ3n) is 3.05. The van der Waals surface area contributed by atoms with Crippen molar-refractivity contribution in [2.45, 2.75) is 63.9 Å². The normalized spacial score (nSPS) is 20.4. The van der Waals surface area contributed by atoms with Crippen molar-refractivity contribution in [1.82, 2.24) is 0 Å². The Bertz CT molecular complexity index is 186. The molecule has 1 fully saturated rings. The Morgan fingerprint density at radius 2 is 2.00 bits per heavy atom. The van der Waals surface area contributed by atoms with E-state index in [9.17, 15) is 4.79 Å². The highest BCUT2D eigenvalue weighted by molar-refractivity contribution is 6.61. The number of unbranched alkanes of at least 4 members (excludes halogenated alkanes) is 1. The van der Waals surface area contributed by atoms with Crippen molar-refractivity contribution < 1.29 is 9.53 Å². The summed E-state index contributed by atoms with van der Waals surface area (Å²) in [5.74, 6) is 0. The van der Waals surface area contributed by atoms with Crippen molar-refractivity contribution in [2.75, 3.05) is 0 Å². The van der Waals surface area contributed by atoms with E-state index in [1.165, 1.54) is 6.42 Å². The van der Waals surface area contributed by atoms with Crippen molar-refractivity contribution in [1.29, 1.82) is 0 Å². The fourth-order valence-electron chi connectivity index (χ4n) is 2.27. The predicted octanol–water partition coefficient (Wildman–Crippen LogP) is 4.25. The molecule has 0 radical (unpaired) electrons. The number of ether oxygens (including phenoxy) is 1. The average molecular weight is 219 g/mol. The Hall–Kier alpha value is -0.240. The number of rotatable bonds is 4. The van der Waals surface area contributed by atoms with Gasteiger partial charge in [-0.3, -0.25) is 0 Å². The van der Waals surface area contributed by atoms with E-state index in [0.29, 0.717) is 0 Å². The largest absolute Gasteiger partial charge is 0.447 e. The Kier molecular flexibility index (Phi) is 4.73. The summed E-state index contributed by atoms with van der Waals surface area (Å²) in [5, 5.41) is 0. The quantitative estimate of drug-likeness (QED) is 0.660. The lowest BCUT2D eigenvalue weighted by atomic mass is 9.81. The molecular formula is C11H19ClO2. The van der Waals surface area contributed by atoms with Crippen LogP contribution in [0.5, 0.6) is 0 Å². The van der Waals surface area contributed by atoms with Gasteiger partial charge in [0.25, 0.3) is 0 Å². The Morgan fingerprint density at radius 3 is 2.50 bits per heavy atom. The van der Waals surface area contributed by atoms with Gasteiger partial charge in [-0.1, -0.05) is 19.8 Å². The molecule has 0 aliphatic heterocycles. The molecule has 2 nitrogen and oxygen atoms in total. The zero-order valence-electron chi connectivity index (χ0n) is 8.85. The highest BCUT2D eigenvalue weighted by Gasteiger charge is 2.34. The third kappa shape index (κ3) is 3.49. The molecule has 0 bridgehead atoms. The summed E-state index contributed by atoms with van der Waals surface area (Å²) in [4.78, 5) is 10.8. The third-order valence-corrected chi connectivity index (χ3v) is 3.12. The first-order chi connectivity index (χ1) is 6.68. The molecule has 0 amide bonds. The zero-order chi connectivity index (χ0) is 10.4. The average Bonchev–Trinajstić information content (AvgIpc) is 2.15. The van der Waals surface area contributed by atoms with Gasteiger partial charge in [0.1, 0.15) is 5.60 Å². The molecule has 1 aliphatic carbocycles. The second-order valence-corrected chi connectivity index (χ2v) is 4.50. The highest BCUT2D eigenvalue weighted by Crippen LogP contribution is 2.36. The van der Waals surface area contributed by atoms with Gasteiger partial charge in [0.2, 0.25) is 0 Å². The molecule has 3 heteroatoms. The van der Waals surface area contributed by atoms with Crippen LogP contribution in [0.4, 0.5) is 4.79 Å². The summed E-state index contributed by atoms with van der Waals surface area (Å²) in [6.45, 7) is 2.15. The summed E-state index contributed by atoms with van der Waals surface area (Å²) in [5.41, 5.74) is -0.865. The molecule has 0 N–H and O–H groups in total. The van der Waals surface area contributed by atoms with E-state index in [4.69, 9.17) is 16.3 Å². The van der Waals surface area contributed by atoms with Gasteiger partial charge in [0.05, 0.1) is 0 Å². The topological polar surface area (TPSA) is 26.3 Å². The zero-order valence-corrected chi connectivity index (χ0v) is 9.61. The summed E-state index contributed by atoms with van der Waals surface area (Å²) < 4.78 is 5.31. The van der Waals surface area contributed by atoms with Crippen LogP contribution in [0, 0.1) is 0 Å². The maximum atomic E-state index is 10.8. The van der Waals surface area contributed by atoms with E-state index in [1.54, 1.807) is 0 Å². The standard InChI is InChI=1S/C11H19ClO2/c1-2-3-7-11(14-10(12)13)8-5-4-6-9-11/h2-9H2,1H3. The van der Waals surface area contributed by atoms with Gasteiger partial charge in [-0.05, 0) is 38.5 Å². The van der Waals surface area contributed by atoms with Crippen LogP contribution in [-0.4, -0.2) is 11.0 Å². The number of hydrogen-bond donors (Lipinski definition) is 0. The van der Waals surface area contributed by atoms with Crippen molar-refractivity contribution >= 4 is 17.0 Å². The second kappa shape index (κ2) is 5.59. The molecule has 0 unspecified atom stereocenters. The molecule has 0 atom stereocenters. The molecule has 0 heterocycles. The van der Waals surface area contributed by atoms with Crippen LogP contribution in [0.15, 0.2) is 0 Å². The smallest absolute Gasteiger partial charge is 0.404 e. The maximum absolute atomic E-state index is 10.8. The molecule has 0 aromatic rings. The van der Waals surface area contributed by atoms with Crippen LogP contribution >= 0.6 is 11.6 Å². The minimum absolute atomic E-state index is 0.229. The molecule has 1 saturated carbocycles. The van der Waals surface area contributed by atoms with E-state index < -0.39 is 5.43 Å².